The van der Waals surface area contributed by atoms with Crippen LogP contribution in [0.3, 0.4) is 0 Å². The lowest BCUT2D eigenvalue weighted by Crippen LogP contribution is -2.26. The van der Waals surface area contributed by atoms with Crippen molar-refractivity contribution < 1.29 is 31.1 Å². The minimum absolute atomic E-state index is 0.0765. The highest BCUT2D eigenvalue weighted by Gasteiger charge is 2.42. The van der Waals surface area contributed by atoms with Gasteiger partial charge in [0.05, 0.1) is 0 Å². The molecule has 0 aliphatic heterocycles. The van der Waals surface area contributed by atoms with E-state index in [-0.39, 0.29) is 11.5 Å². The zero-order chi connectivity index (χ0) is 21.3. The molecule has 1 aliphatic rings. The Bertz CT molecular complexity index is 847. The van der Waals surface area contributed by atoms with E-state index < -0.39 is 40.7 Å². The molecule has 0 unspecified atom stereocenters. The molecule has 158 valence electrons. The first-order valence-electron chi connectivity index (χ1n) is 9.64. The minimum atomic E-state index is -4.44. The van der Waals surface area contributed by atoms with Gasteiger partial charge in [-0.25, -0.2) is 17.6 Å². The van der Waals surface area contributed by atoms with Gasteiger partial charge in [0.15, 0.2) is 0 Å². The molecule has 1 aliphatic carbocycles. The Morgan fingerprint density at radius 2 is 1.41 bits per heavy atom. The number of hydrogen-bond donors (Lipinski definition) is 0. The molecule has 0 radical (unpaired) electrons. The first-order valence-corrected chi connectivity index (χ1v) is 11.1. The van der Waals surface area contributed by atoms with E-state index in [1.165, 1.54) is 6.04 Å². The van der Waals surface area contributed by atoms with Crippen molar-refractivity contribution in [2.24, 2.45) is 5.92 Å². The summed E-state index contributed by atoms with van der Waals surface area (Å²) in [6.07, 6.45) is -0.989. The summed E-state index contributed by atoms with van der Waals surface area (Å²) in [4.78, 5) is 0. The van der Waals surface area contributed by atoms with Crippen LogP contribution >= 0.6 is 0 Å². The maximum Gasteiger partial charge on any atom is 0.432 e. The smallest absolute Gasteiger partial charge is 0.429 e. The molecule has 29 heavy (non-hydrogen) atoms. The molecule has 0 saturated heterocycles. The molecule has 8 heteroatoms. The summed E-state index contributed by atoms with van der Waals surface area (Å²) in [6, 6.07) is 4.10. The number of hydrogen-bond acceptors (Lipinski definition) is 1. The van der Waals surface area contributed by atoms with E-state index in [9.17, 15) is 26.3 Å². The van der Waals surface area contributed by atoms with E-state index in [0.717, 1.165) is 55.0 Å². The van der Waals surface area contributed by atoms with Crippen molar-refractivity contribution >= 4 is 10.2 Å². The number of ether oxygens (including phenoxy) is 1. The van der Waals surface area contributed by atoms with Crippen LogP contribution in [0.1, 0.15) is 48.3 Å². The van der Waals surface area contributed by atoms with Crippen molar-refractivity contribution in [3.63, 3.8) is 0 Å². The second-order valence-electron chi connectivity index (χ2n) is 7.62. The minimum Gasteiger partial charge on any atom is -0.429 e. The highest BCUT2D eigenvalue weighted by molar-refractivity contribution is 6.08. The quantitative estimate of drug-likeness (QED) is 0.433. The van der Waals surface area contributed by atoms with E-state index >= 15 is 0 Å². The first kappa shape index (κ1) is 21.7. The van der Waals surface area contributed by atoms with Gasteiger partial charge in [-0.05, 0) is 49.3 Å². The third-order valence-corrected chi connectivity index (χ3v) is 6.91. The topological polar surface area (TPSA) is 9.23 Å². The van der Waals surface area contributed by atoms with Gasteiger partial charge in [0.2, 0.25) is 0 Å². The number of alkyl halides is 2. The van der Waals surface area contributed by atoms with Gasteiger partial charge in [0.1, 0.15) is 34.6 Å². The molecule has 0 N–H and O–H groups in total. The summed E-state index contributed by atoms with van der Waals surface area (Å²) in [5, 5.41) is 0. The Morgan fingerprint density at radius 3 is 1.90 bits per heavy atom. The lowest BCUT2D eigenvalue weighted by atomic mass is 9.79. The second-order valence-corrected chi connectivity index (χ2v) is 8.43. The van der Waals surface area contributed by atoms with Gasteiger partial charge in [-0.3, -0.25) is 0 Å². The molecule has 0 amide bonds. The zero-order valence-electron chi connectivity index (χ0n) is 16.2. The Labute approximate surface area is 168 Å². The number of halogens is 6. The fraction of sp³-hybridized carbons (Fsp3) is 0.429. The van der Waals surface area contributed by atoms with Gasteiger partial charge in [-0.15, -0.1) is 0 Å². The van der Waals surface area contributed by atoms with Crippen LogP contribution in [0.15, 0.2) is 24.3 Å². The van der Waals surface area contributed by atoms with E-state index in [1.54, 1.807) is 0 Å². The van der Waals surface area contributed by atoms with Crippen LogP contribution in [0.4, 0.5) is 26.3 Å². The van der Waals surface area contributed by atoms with Gasteiger partial charge >= 0.3 is 6.11 Å². The van der Waals surface area contributed by atoms with E-state index in [0.29, 0.717) is 23.6 Å². The second kappa shape index (κ2) is 8.42. The molecule has 2 aromatic carbocycles. The fourth-order valence-electron chi connectivity index (χ4n) is 3.89. The molecule has 0 aromatic heterocycles. The van der Waals surface area contributed by atoms with Crippen molar-refractivity contribution in [1.82, 2.24) is 0 Å². The van der Waals surface area contributed by atoms with Gasteiger partial charge in [0.25, 0.3) is 0 Å². The van der Waals surface area contributed by atoms with Crippen LogP contribution in [0.2, 0.25) is 6.04 Å². The third-order valence-electron chi connectivity index (χ3n) is 5.75. The molecule has 2 aromatic rings. The summed E-state index contributed by atoms with van der Waals surface area (Å²) in [5.41, 5.74) is -1.60. The molecule has 1 nitrogen and oxygen atoms in total. The number of benzene rings is 2. The molecule has 0 bridgehead atoms. The van der Waals surface area contributed by atoms with Gasteiger partial charge in [-0.2, -0.15) is 8.78 Å². The molecule has 0 spiro atoms. The van der Waals surface area contributed by atoms with Crippen molar-refractivity contribution in [2.75, 3.05) is 0 Å². The summed E-state index contributed by atoms with van der Waals surface area (Å²) >= 11 is 0. The van der Waals surface area contributed by atoms with Gasteiger partial charge < -0.3 is 4.74 Å². The van der Waals surface area contributed by atoms with Crippen LogP contribution in [-0.4, -0.2) is 10.2 Å². The van der Waals surface area contributed by atoms with Crippen LogP contribution in [0.5, 0.6) is 5.75 Å². The predicted octanol–water partition coefficient (Wildman–Crippen LogP) is 5.74. The Kier molecular flexibility index (Phi) is 6.31. The van der Waals surface area contributed by atoms with Gasteiger partial charge in [-0.1, -0.05) is 18.9 Å². The van der Waals surface area contributed by atoms with Crippen molar-refractivity contribution in [3.05, 3.63) is 64.2 Å². The third kappa shape index (κ3) is 4.62. The fourth-order valence-corrected chi connectivity index (χ4v) is 4.71. The molecule has 3 rings (SSSR count). The van der Waals surface area contributed by atoms with Crippen LogP contribution in [0.25, 0.3) is 0 Å². The molecular formula is C21H22F6OSi. The van der Waals surface area contributed by atoms with Crippen molar-refractivity contribution in [3.8, 4) is 5.75 Å². The SMILES string of the molecule is Cc1c(F)cc(OC(F)(F)c2c(F)cc(C3CCC(C[SiH3])CC3)cc2F)cc1F. The van der Waals surface area contributed by atoms with Crippen molar-refractivity contribution in [1.29, 1.82) is 0 Å². The molecule has 1 fully saturated rings. The average molecular weight is 432 g/mol. The zero-order valence-corrected chi connectivity index (χ0v) is 18.2. The maximum absolute atomic E-state index is 14.5. The molecule has 0 heterocycles. The highest BCUT2D eigenvalue weighted by atomic mass is 28.1. The molecule has 1 saturated carbocycles. The van der Waals surface area contributed by atoms with E-state index in [2.05, 4.69) is 4.74 Å². The molecular weight excluding hydrogens is 410 g/mol. The summed E-state index contributed by atoms with van der Waals surface area (Å²) in [5.74, 6) is -5.38. The lowest BCUT2D eigenvalue weighted by molar-refractivity contribution is -0.189. The monoisotopic (exact) mass is 432 g/mol. The Morgan fingerprint density at radius 1 is 0.897 bits per heavy atom. The van der Waals surface area contributed by atoms with E-state index in [1.807, 2.05) is 0 Å². The summed E-state index contributed by atoms with van der Waals surface area (Å²) in [7, 11) is 1.11. The summed E-state index contributed by atoms with van der Waals surface area (Å²) in [6.45, 7) is 1.13. The van der Waals surface area contributed by atoms with E-state index in [4.69, 9.17) is 0 Å². The number of rotatable bonds is 5. The van der Waals surface area contributed by atoms with Crippen LogP contribution < -0.4 is 4.74 Å². The lowest BCUT2D eigenvalue weighted by Gasteiger charge is -2.28. The molecule has 0 atom stereocenters. The normalized spacial score (nSPS) is 20.1. The maximum atomic E-state index is 14.5. The largest absolute Gasteiger partial charge is 0.432 e. The average Bonchev–Trinajstić information content (AvgIpc) is 2.65. The Balaban J connectivity index is 1.86. The summed E-state index contributed by atoms with van der Waals surface area (Å²) < 4.78 is 89.3. The first-order chi connectivity index (χ1) is 13.6. The van der Waals surface area contributed by atoms with Gasteiger partial charge in [0, 0.05) is 27.9 Å². The van der Waals surface area contributed by atoms with Crippen LogP contribution in [-0.2, 0) is 6.11 Å². The predicted molar refractivity (Wildman–Crippen MR) is 101 cm³/mol. The Hall–Kier alpha value is -1.96. The van der Waals surface area contributed by atoms with Crippen molar-refractivity contribution in [2.45, 2.75) is 50.7 Å². The standard InChI is InChI=1S/C21H22F6OSi/c1-11-16(22)8-15(9-17(11)23)28-21(26,27)20-18(24)6-14(7-19(20)25)13-4-2-12(10-29)3-5-13/h6-9,12-13H,2-5,10H2,1,29H3. The van der Waals surface area contributed by atoms with Crippen LogP contribution in [0, 0.1) is 36.1 Å². The highest BCUT2D eigenvalue weighted by Crippen LogP contribution is 2.40.